The van der Waals surface area contributed by atoms with E-state index in [4.69, 9.17) is 0 Å². The van der Waals surface area contributed by atoms with Crippen molar-refractivity contribution in [2.45, 2.75) is 6.92 Å². The number of hydrogen-bond acceptors (Lipinski definition) is 5. The van der Waals surface area contributed by atoms with Gasteiger partial charge in [0.25, 0.3) is 5.91 Å². The van der Waals surface area contributed by atoms with Crippen molar-refractivity contribution in [1.29, 1.82) is 0 Å². The first-order valence-electron chi connectivity index (χ1n) is 7.02. The summed E-state index contributed by atoms with van der Waals surface area (Å²) in [6.45, 7) is 5.72. The second-order valence-electron chi connectivity index (χ2n) is 5.00. The number of aromatic nitrogens is 1. The molecule has 1 saturated heterocycles. The average Bonchev–Trinajstić information content (AvgIpc) is 2.95. The van der Waals surface area contributed by atoms with Gasteiger partial charge >= 0.3 is 0 Å². The van der Waals surface area contributed by atoms with Crippen LogP contribution >= 0.6 is 11.3 Å². The highest BCUT2D eigenvalue weighted by atomic mass is 32.1. The molecule has 0 aliphatic carbocycles. The Morgan fingerprint density at radius 3 is 2.81 bits per heavy atom. The minimum absolute atomic E-state index is 0.143. The van der Waals surface area contributed by atoms with Gasteiger partial charge in [0, 0.05) is 37.3 Å². The average molecular weight is 302 g/mol. The molecule has 0 spiro atoms. The summed E-state index contributed by atoms with van der Waals surface area (Å²) in [5.41, 5.74) is 2.79. The van der Waals surface area contributed by atoms with E-state index in [1.165, 1.54) is 11.3 Å². The Morgan fingerprint density at radius 1 is 1.33 bits per heavy atom. The maximum absolute atomic E-state index is 12.3. The van der Waals surface area contributed by atoms with Crippen LogP contribution in [-0.2, 0) is 0 Å². The van der Waals surface area contributed by atoms with Crippen LogP contribution in [0.5, 0.6) is 0 Å². The van der Waals surface area contributed by atoms with Crippen LogP contribution in [-0.4, -0.2) is 37.1 Å². The maximum atomic E-state index is 12.3. The summed E-state index contributed by atoms with van der Waals surface area (Å²) in [5.74, 6) is -0.143. The van der Waals surface area contributed by atoms with Gasteiger partial charge in [0.2, 0.25) is 0 Å². The number of benzene rings is 1. The van der Waals surface area contributed by atoms with Gasteiger partial charge in [-0.1, -0.05) is 12.1 Å². The number of carbonyl (C=O) groups is 1. The molecule has 5 nitrogen and oxygen atoms in total. The summed E-state index contributed by atoms with van der Waals surface area (Å²) in [6, 6.07) is 7.93. The minimum Gasteiger partial charge on any atom is -0.367 e. The van der Waals surface area contributed by atoms with Crippen LogP contribution in [0.25, 0.3) is 0 Å². The molecule has 110 valence electrons. The second kappa shape index (κ2) is 6.24. The van der Waals surface area contributed by atoms with E-state index in [1.54, 1.807) is 0 Å². The summed E-state index contributed by atoms with van der Waals surface area (Å²) < 4.78 is 0. The van der Waals surface area contributed by atoms with Crippen molar-refractivity contribution in [3.05, 3.63) is 40.3 Å². The van der Waals surface area contributed by atoms with Crippen molar-refractivity contribution >= 4 is 28.6 Å². The zero-order chi connectivity index (χ0) is 14.7. The van der Waals surface area contributed by atoms with Gasteiger partial charge in [0.05, 0.1) is 11.4 Å². The summed E-state index contributed by atoms with van der Waals surface area (Å²) >= 11 is 1.37. The fourth-order valence-electron chi connectivity index (χ4n) is 2.39. The smallest absolute Gasteiger partial charge is 0.284 e. The quantitative estimate of drug-likeness (QED) is 0.912. The molecule has 0 saturated carbocycles. The molecule has 1 aromatic carbocycles. The number of carbonyl (C=O) groups excluding carboxylic acids is 1. The van der Waals surface area contributed by atoms with E-state index in [0.717, 1.165) is 43.2 Å². The minimum atomic E-state index is -0.143. The van der Waals surface area contributed by atoms with Crippen molar-refractivity contribution in [3.8, 4) is 0 Å². The van der Waals surface area contributed by atoms with Crippen molar-refractivity contribution < 1.29 is 4.79 Å². The number of amides is 1. The van der Waals surface area contributed by atoms with E-state index in [1.807, 2.05) is 36.6 Å². The first-order chi connectivity index (χ1) is 10.2. The Bertz CT molecular complexity index is 634. The van der Waals surface area contributed by atoms with E-state index in [0.29, 0.717) is 5.01 Å². The van der Waals surface area contributed by atoms with E-state index in [2.05, 4.69) is 20.5 Å². The van der Waals surface area contributed by atoms with E-state index in [9.17, 15) is 4.79 Å². The van der Waals surface area contributed by atoms with Crippen molar-refractivity contribution in [2.24, 2.45) is 0 Å². The highest BCUT2D eigenvalue weighted by Gasteiger charge is 2.16. The predicted octanol–water partition coefficient (Wildman–Crippen LogP) is 2.11. The molecule has 1 aliphatic heterocycles. The van der Waals surface area contributed by atoms with Crippen molar-refractivity contribution in [1.82, 2.24) is 10.3 Å². The van der Waals surface area contributed by atoms with Crippen LogP contribution < -0.4 is 15.5 Å². The van der Waals surface area contributed by atoms with E-state index < -0.39 is 0 Å². The van der Waals surface area contributed by atoms with Gasteiger partial charge in [-0.3, -0.25) is 4.79 Å². The molecule has 0 radical (unpaired) electrons. The zero-order valence-corrected chi connectivity index (χ0v) is 12.7. The van der Waals surface area contributed by atoms with Crippen molar-refractivity contribution in [2.75, 3.05) is 36.4 Å². The van der Waals surface area contributed by atoms with Crippen LogP contribution in [0.2, 0.25) is 0 Å². The van der Waals surface area contributed by atoms with Crippen molar-refractivity contribution in [3.63, 3.8) is 0 Å². The van der Waals surface area contributed by atoms with Gasteiger partial charge in [0.1, 0.15) is 0 Å². The molecule has 0 atom stereocenters. The number of thiazole rings is 1. The Balaban J connectivity index is 1.80. The third-order valence-electron chi connectivity index (χ3n) is 3.42. The standard InChI is InChI=1S/C15H18N4OS/c1-11-10-21-15(17-11)14(20)18-12-4-2-3-5-13(12)19-8-6-16-7-9-19/h2-5,10,16H,6-9H2,1H3,(H,18,20). The molecule has 1 amide bonds. The fraction of sp³-hybridized carbons (Fsp3) is 0.333. The first-order valence-corrected chi connectivity index (χ1v) is 7.90. The molecule has 2 heterocycles. The summed E-state index contributed by atoms with van der Waals surface area (Å²) in [5, 5.41) is 8.71. The second-order valence-corrected chi connectivity index (χ2v) is 5.86. The van der Waals surface area contributed by atoms with Gasteiger partial charge in [-0.05, 0) is 19.1 Å². The maximum Gasteiger partial charge on any atom is 0.284 e. The lowest BCUT2D eigenvalue weighted by Gasteiger charge is -2.31. The van der Waals surface area contributed by atoms with Gasteiger partial charge in [0.15, 0.2) is 5.01 Å². The molecule has 2 N–H and O–H groups in total. The predicted molar refractivity (Wildman–Crippen MR) is 86.3 cm³/mol. The molecule has 1 aromatic heterocycles. The van der Waals surface area contributed by atoms with Crippen LogP contribution in [0, 0.1) is 6.92 Å². The van der Waals surface area contributed by atoms with Gasteiger partial charge in [-0.25, -0.2) is 4.98 Å². The molecule has 0 bridgehead atoms. The number of rotatable bonds is 3. The van der Waals surface area contributed by atoms with Crippen LogP contribution in [0.3, 0.4) is 0 Å². The normalized spacial score (nSPS) is 15.0. The Hall–Kier alpha value is -1.92. The molecule has 1 aliphatic rings. The Labute approximate surface area is 128 Å². The SMILES string of the molecule is Cc1csc(C(=O)Nc2ccccc2N2CCNCC2)n1. The molecule has 21 heavy (non-hydrogen) atoms. The van der Waals surface area contributed by atoms with Crippen LogP contribution in [0.1, 0.15) is 15.5 Å². The molecule has 2 aromatic rings. The zero-order valence-electron chi connectivity index (χ0n) is 11.9. The van der Waals surface area contributed by atoms with Crippen LogP contribution in [0.4, 0.5) is 11.4 Å². The lowest BCUT2D eigenvalue weighted by atomic mass is 10.2. The third-order valence-corrected chi connectivity index (χ3v) is 4.38. The number of hydrogen-bond donors (Lipinski definition) is 2. The largest absolute Gasteiger partial charge is 0.367 e. The molecule has 0 unspecified atom stereocenters. The molecular formula is C15H18N4OS. The summed E-state index contributed by atoms with van der Waals surface area (Å²) in [7, 11) is 0. The monoisotopic (exact) mass is 302 g/mol. The highest BCUT2D eigenvalue weighted by molar-refractivity contribution is 7.11. The number of aryl methyl sites for hydroxylation is 1. The fourth-order valence-corrected chi connectivity index (χ4v) is 3.08. The van der Waals surface area contributed by atoms with Gasteiger partial charge < -0.3 is 15.5 Å². The molecule has 6 heteroatoms. The lowest BCUT2D eigenvalue weighted by molar-refractivity contribution is 0.102. The number of nitrogens with zero attached hydrogens (tertiary/aromatic N) is 2. The van der Waals surface area contributed by atoms with Gasteiger partial charge in [-0.2, -0.15) is 0 Å². The topological polar surface area (TPSA) is 57.3 Å². The van der Waals surface area contributed by atoms with Crippen LogP contribution in [0.15, 0.2) is 29.6 Å². The van der Waals surface area contributed by atoms with Gasteiger partial charge in [-0.15, -0.1) is 11.3 Å². The summed E-state index contributed by atoms with van der Waals surface area (Å²) in [6.07, 6.45) is 0. The number of piperazine rings is 1. The summed E-state index contributed by atoms with van der Waals surface area (Å²) in [4.78, 5) is 18.8. The molecular weight excluding hydrogens is 284 g/mol. The number of para-hydroxylation sites is 2. The Morgan fingerprint density at radius 2 is 2.10 bits per heavy atom. The van der Waals surface area contributed by atoms with E-state index in [-0.39, 0.29) is 5.91 Å². The first kappa shape index (κ1) is 14.0. The highest BCUT2D eigenvalue weighted by Crippen LogP contribution is 2.26. The Kier molecular flexibility index (Phi) is 4.17. The number of nitrogens with one attached hydrogen (secondary N) is 2. The molecule has 3 rings (SSSR count). The number of anilines is 2. The van der Waals surface area contributed by atoms with E-state index >= 15 is 0 Å². The lowest BCUT2D eigenvalue weighted by Crippen LogP contribution is -2.43. The molecule has 1 fully saturated rings. The third kappa shape index (κ3) is 3.22.